The fraction of sp³-hybridized carbons (Fsp3) is 0.667. The molecule has 0 fully saturated rings. The zero-order valence-corrected chi connectivity index (χ0v) is 9.57. The van der Waals surface area contributed by atoms with Crippen molar-refractivity contribution in [3.8, 4) is 0 Å². The van der Waals surface area contributed by atoms with E-state index in [1.807, 2.05) is 0 Å². The maximum atomic E-state index is 10.4. The summed E-state index contributed by atoms with van der Waals surface area (Å²) in [6.45, 7) is 0. The van der Waals surface area contributed by atoms with Gasteiger partial charge in [0.15, 0.2) is 5.44 Å². The van der Waals surface area contributed by atoms with Gasteiger partial charge in [0.05, 0.1) is 0 Å². The van der Waals surface area contributed by atoms with Gasteiger partial charge in [-0.2, -0.15) is 0 Å². The number of carbonyl (C=O) groups is 2. The first-order valence-electron chi connectivity index (χ1n) is 3.89. The van der Waals surface area contributed by atoms with Crippen LogP contribution < -0.4 is 11.5 Å². The second-order valence-electron chi connectivity index (χ2n) is 2.81. The lowest BCUT2D eigenvalue weighted by molar-refractivity contribution is -0.164. The minimum atomic E-state index is -2.79. The lowest BCUT2D eigenvalue weighted by atomic mass is 10.3. The highest BCUT2D eigenvalue weighted by Gasteiger charge is 2.40. The molecule has 10 heteroatoms. The van der Waals surface area contributed by atoms with Crippen molar-refractivity contribution in [2.45, 2.75) is 17.2 Å². The Hall–Kier alpha value is -0.520. The summed E-state index contributed by atoms with van der Waals surface area (Å²) in [6.07, 6.45) is 0. The van der Waals surface area contributed by atoms with E-state index in [9.17, 15) is 14.7 Å². The molecule has 0 spiro atoms. The Morgan fingerprint density at radius 3 is 2.25 bits per heavy atom. The molecule has 16 heavy (non-hydrogen) atoms. The van der Waals surface area contributed by atoms with Crippen LogP contribution in [-0.4, -0.2) is 55.3 Å². The van der Waals surface area contributed by atoms with Gasteiger partial charge in [-0.05, 0) is 0 Å². The standard InChI is InChI=1S/C6H12N2O6S2/c7-2(3(9)10)1-15-16-5(13)6(8,14)4(11)12/h2,5,13-14H,1,7-8H2,(H,9,10)(H,11,12). The Morgan fingerprint density at radius 1 is 1.38 bits per heavy atom. The molecule has 94 valence electrons. The normalized spacial score (nSPS) is 18.5. The summed E-state index contributed by atoms with van der Waals surface area (Å²) in [6, 6.07) is -1.14. The number of hydrogen-bond donors (Lipinski definition) is 6. The third-order valence-electron chi connectivity index (χ3n) is 1.44. The lowest BCUT2D eigenvalue weighted by Crippen LogP contribution is -2.55. The molecule has 0 bridgehead atoms. The maximum Gasteiger partial charge on any atom is 0.354 e. The van der Waals surface area contributed by atoms with Gasteiger partial charge in [-0.1, -0.05) is 21.6 Å². The summed E-state index contributed by atoms with van der Waals surface area (Å²) in [5.41, 5.74) is 5.47. The van der Waals surface area contributed by atoms with Crippen LogP contribution in [0.5, 0.6) is 0 Å². The van der Waals surface area contributed by atoms with Gasteiger partial charge in [-0.15, -0.1) is 0 Å². The van der Waals surface area contributed by atoms with Crippen LogP contribution in [0.1, 0.15) is 0 Å². The average Bonchev–Trinajstić information content (AvgIpc) is 2.16. The van der Waals surface area contributed by atoms with Crippen molar-refractivity contribution in [1.29, 1.82) is 0 Å². The van der Waals surface area contributed by atoms with E-state index in [-0.39, 0.29) is 5.75 Å². The molecule has 0 aliphatic rings. The molecule has 0 rings (SSSR count). The number of carboxylic acid groups (broad SMARTS) is 2. The minimum Gasteiger partial charge on any atom is -0.480 e. The van der Waals surface area contributed by atoms with Crippen LogP contribution in [0.3, 0.4) is 0 Å². The summed E-state index contributed by atoms with van der Waals surface area (Å²) in [4.78, 5) is 20.7. The van der Waals surface area contributed by atoms with Gasteiger partial charge in [0.2, 0.25) is 5.72 Å². The van der Waals surface area contributed by atoms with E-state index >= 15 is 0 Å². The predicted octanol–water partition coefficient (Wildman–Crippen LogP) is -2.17. The summed E-state index contributed by atoms with van der Waals surface area (Å²) < 4.78 is 0. The summed E-state index contributed by atoms with van der Waals surface area (Å²) in [7, 11) is 1.33. The number of hydrogen-bond acceptors (Lipinski definition) is 8. The van der Waals surface area contributed by atoms with E-state index in [0.717, 1.165) is 10.8 Å². The molecule has 3 unspecified atom stereocenters. The molecule has 0 heterocycles. The van der Waals surface area contributed by atoms with Crippen LogP contribution in [0.15, 0.2) is 0 Å². The highest BCUT2D eigenvalue weighted by atomic mass is 33.1. The second kappa shape index (κ2) is 6.27. The van der Waals surface area contributed by atoms with Gasteiger partial charge in [-0.3, -0.25) is 10.5 Å². The van der Waals surface area contributed by atoms with Gasteiger partial charge in [0, 0.05) is 5.75 Å². The Labute approximate surface area is 98.4 Å². The van der Waals surface area contributed by atoms with Gasteiger partial charge in [0.1, 0.15) is 6.04 Å². The molecule has 0 amide bonds. The van der Waals surface area contributed by atoms with Gasteiger partial charge in [0.25, 0.3) is 0 Å². The Bertz CT molecular complexity index is 274. The summed E-state index contributed by atoms with van der Waals surface area (Å²) in [5, 5.41) is 35.1. The van der Waals surface area contributed by atoms with Gasteiger partial charge >= 0.3 is 11.9 Å². The van der Waals surface area contributed by atoms with Crippen molar-refractivity contribution in [3.05, 3.63) is 0 Å². The van der Waals surface area contributed by atoms with Crippen LogP contribution in [0.2, 0.25) is 0 Å². The van der Waals surface area contributed by atoms with Gasteiger partial charge in [-0.25, -0.2) is 4.79 Å². The highest BCUT2D eigenvalue weighted by molar-refractivity contribution is 8.76. The largest absolute Gasteiger partial charge is 0.480 e. The van der Waals surface area contributed by atoms with E-state index in [4.69, 9.17) is 26.8 Å². The SMILES string of the molecule is NC(CSSC(O)C(N)(O)C(=O)O)C(=O)O. The van der Waals surface area contributed by atoms with Crippen molar-refractivity contribution in [3.63, 3.8) is 0 Å². The molecule has 8 nitrogen and oxygen atoms in total. The molecular weight excluding hydrogens is 260 g/mol. The van der Waals surface area contributed by atoms with Gasteiger partial charge < -0.3 is 26.2 Å². The minimum absolute atomic E-state index is 0.0627. The topological polar surface area (TPSA) is 167 Å². The first-order chi connectivity index (χ1) is 7.19. The molecule has 0 saturated carbocycles. The molecule has 0 aromatic carbocycles. The Balaban J connectivity index is 4.04. The molecule has 0 saturated heterocycles. The highest BCUT2D eigenvalue weighted by Crippen LogP contribution is 2.30. The molecule has 3 atom stereocenters. The monoisotopic (exact) mass is 272 g/mol. The van der Waals surface area contributed by atoms with E-state index in [1.165, 1.54) is 0 Å². The number of aliphatic hydroxyl groups is 2. The molecule has 0 aromatic heterocycles. The fourth-order valence-electron chi connectivity index (χ4n) is 0.427. The Morgan fingerprint density at radius 2 is 1.88 bits per heavy atom. The van der Waals surface area contributed by atoms with E-state index < -0.39 is 29.1 Å². The molecular formula is C6H12N2O6S2. The average molecular weight is 272 g/mol. The van der Waals surface area contributed by atoms with Crippen molar-refractivity contribution in [2.24, 2.45) is 11.5 Å². The molecule has 8 N–H and O–H groups in total. The second-order valence-corrected chi connectivity index (χ2v) is 5.30. The van der Waals surface area contributed by atoms with E-state index in [2.05, 4.69) is 0 Å². The van der Waals surface area contributed by atoms with Crippen LogP contribution in [0.4, 0.5) is 0 Å². The zero-order valence-electron chi connectivity index (χ0n) is 7.94. The van der Waals surface area contributed by atoms with Crippen molar-refractivity contribution < 1.29 is 30.0 Å². The predicted molar refractivity (Wildman–Crippen MR) is 58.4 cm³/mol. The van der Waals surface area contributed by atoms with Crippen LogP contribution >= 0.6 is 21.6 Å². The quantitative estimate of drug-likeness (QED) is 0.221. The molecule has 0 radical (unpaired) electrons. The smallest absolute Gasteiger partial charge is 0.354 e. The summed E-state index contributed by atoms with van der Waals surface area (Å²) >= 11 is 0. The summed E-state index contributed by atoms with van der Waals surface area (Å²) in [5.74, 6) is -3.06. The van der Waals surface area contributed by atoms with E-state index in [0.29, 0.717) is 10.8 Å². The lowest BCUT2D eigenvalue weighted by Gasteiger charge is -2.23. The van der Waals surface area contributed by atoms with E-state index in [1.54, 1.807) is 0 Å². The zero-order chi connectivity index (χ0) is 12.9. The Kier molecular flexibility index (Phi) is 6.07. The van der Waals surface area contributed by atoms with Crippen molar-refractivity contribution in [1.82, 2.24) is 0 Å². The molecule has 0 aliphatic heterocycles. The van der Waals surface area contributed by atoms with Crippen LogP contribution in [0.25, 0.3) is 0 Å². The third kappa shape index (κ3) is 4.55. The molecule has 0 aliphatic carbocycles. The number of aliphatic hydroxyl groups excluding tert-OH is 1. The first-order valence-corrected chi connectivity index (χ1v) is 6.27. The van der Waals surface area contributed by atoms with Crippen LogP contribution in [0, 0.1) is 0 Å². The number of rotatable bonds is 7. The van der Waals surface area contributed by atoms with Crippen molar-refractivity contribution in [2.75, 3.05) is 5.75 Å². The fourth-order valence-corrected chi connectivity index (χ4v) is 2.67. The number of aliphatic carboxylic acids is 2. The van der Waals surface area contributed by atoms with Crippen LogP contribution in [-0.2, 0) is 9.59 Å². The number of nitrogens with two attached hydrogens (primary N) is 2. The third-order valence-corrected chi connectivity index (χ3v) is 3.98. The maximum absolute atomic E-state index is 10.4. The van der Waals surface area contributed by atoms with Crippen molar-refractivity contribution >= 4 is 33.5 Å². The first kappa shape index (κ1) is 15.5. The molecule has 0 aromatic rings. The number of carboxylic acids is 2.